The van der Waals surface area contributed by atoms with Gasteiger partial charge in [0.05, 0.1) is 20.1 Å². The molecule has 5 heteroatoms. The molecule has 0 aromatic heterocycles. The number of benzene rings is 2. The number of anilines is 1. The molecular formula is C20H23NO4. The molecular weight excluding hydrogens is 318 g/mol. The van der Waals surface area contributed by atoms with Crippen molar-refractivity contribution in [1.29, 1.82) is 0 Å². The number of esters is 1. The summed E-state index contributed by atoms with van der Waals surface area (Å²) in [5.74, 6) is 0.154. The fraction of sp³-hybridized carbons (Fsp3) is 0.300. The summed E-state index contributed by atoms with van der Waals surface area (Å²) < 4.78 is 10.2. The Kier molecular flexibility index (Phi) is 7.50. The minimum Gasteiger partial charge on any atom is -0.497 e. The van der Waals surface area contributed by atoms with E-state index in [2.05, 4.69) is 5.32 Å². The van der Waals surface area contributed by atoms with Gasteiger partial charge in [0.2, 0.25) is 5.91 Å². The van der Waals surface area contributed by atoms with Gasteiger partial charge in [-0.15, -0.1) is 0 Å². The minimum atomic E-state index is -0.349. The lowest BCUT2D eigenvalue weighted by Gasteiger charge is -2.07. The highest BCUT2D eigenvalue weighted by atomic mass is 16.5. The van der Waals surface area contributed by atoms with Gasteiger partial charge < -0.3 is 14.8 Å². The van der Waals surface area contributed by atoms with Gasteiger partial charge in [0.25, 0.3) is 0 Å². The molecule has 132 valence electrons. The normalized spacial score (nSPS) is 10.1. The highest BCUT2D eigenvalue weighted by Crippen LogP contribution is 2.15. The van der Waals surface area contributed by atoms with Crippen LogP contribution < -0.4 is 10.1 Å². The first kappa shape index (κ1) is 18.5. The van der Waals surface area contributed by atoms with Crippen molar-refractivity contribution in [3.05, 3.63) is 60.2 Å². The second-order valence-corrected chi connectivity index (χ2v) is 5.59. The molecule has 1 amide bonds. The quantitative estimate of drug-likeness (QED) is 0.559. The first-order valence-corrected chi connectivity index (χ1v) is 8.31. The van der Waals surface area contributed by atoms with E-state index in [4.69, 9.17) is 9.47 Å². The van der Waals surface area contributed by atoms with Gasteiger partial charge in [0.15, 0.2) is 0 Å². The van der Waals surface area contributed by atoms with Crippen molar-refractivity contribution in [3.8, 4) is 5.75 Å². The molecule has 0 atom stereocenters. The van der Waals surface area contributed by atoms with Crippen LogP contribution in [0.25, 0.3) is 0 Å². The van der Waals surface area contributed by atoms with Gasteiger partial charge in [-0.1, -0.05) is 30.3 Å². The number of hydrogen-bond donors (Lipinski definition) is 1. The lowest BCUT2D eigenvalue weighted by Crippen LogP contribution is -2.15. The average molecular weight is 341 g/mol. The summed E-state index contributed by atoms with van der Waals surface area (Å²) in [4.78, 5) is 23.5. The maximum Gasteiger partial charge on any atom is 0.306 e. The first-order chi connectivity index (χ1) is 12.2. The van der Waals surface area contributed by atoms with Crippen molar-refractivity contribution >= 4 is 17.6 Å². The van der Waals surface area contributed by atoms with E-state index in [-0.39, 0.29) is 24.7 Å². The Bertz CT molecular complexity index is 668. The van der Waals surface area contributed by atoms with Crippen LogP contribution in [0, 0.1) is 0 Å². The van der Waals surface area contributed by atoms with Crippen molar-refractivity contribution in [3.63, 3.8) is 0 Å². The van der Waals surface area contributed by atoms with Crippen LogP contribution in [0.3, 0.4) is 0 Å². The Hall–Kier alpha value is -2.82. The van der Waals surface area contributed by atoms with Crippen LogP contribution in [0.5, 0.6) is 5.75 Å². The highest BCUT2D eigenvalue weighted by Gasteiger charge is 2.08. The third-order valence-electron chi connectivity index (χ3n) is 3.65. The van der Waals surface area contributed by atoms with Crippen LogP contribution in [0.1, 0.15) is 24.8 Å². The Morgan fingerprint density at radius 2 is 1.68 bits per heavy atom. The zero-order valence-corrected chi connectivity index (χ0v) is 14.4. The molecule has 0 radical (unpaired) electrons. The summed E-state index contributed by atoms with van der Waals surface area (Å²) in [7, 11) is 1.58. The summed E-state index contributed by atoms with van der Waals surface area (Å²) >= 11 is 0. The van der Waals surface area contributed by atoms with E-state index < -0.39 is 0 Å². The minimum absolute atomic E-state index is 0.0767. The van der Waals surface area contributed by atoms with E-state index >= 15 is 0 Å². The standard InChI is InChI=1S/C20H23NO4/c1-24-18-11-9-17(10-12-18)21-19(22)13-14-20(23)25-15-5-8-16-6-3-2-4-7-16/h2-4,6-7,9-12H,5,8,13-15H2,1H3,(H,21,22). The zero-order valence-electron chi connectivity index (χ0n) is 14.4. The first-order valence-electron chi connectivity index (χ1n) is 8.31. The van der Waals surface area contributed by atoms with Crippen molar-refractivity contribution < 1.29 is 19.1 Å². The van der Waals surface area contributed by atoms with Crippen LogP contribution in [0.15, 0.2) is 54.6 Å². The summed E-state index contributed by atoms with van der Waals surface area (Å²) in [5, 5.41) is 2.74. The van der Waals surface area contributed by atoms with E-state index in [9.17, 15) is 9.59 Å². The Morgan fingerprint density at radius 1 is 0.960 bits per heavy atom. The van der Waals surface area contributed by atoms with Crippen molar-refractivity contribution in [2.45, 2.75) is 25.7 Å². The van der Waals surface area contributed by atoms with Gasteiger partial charge >= 0.3 is 5.97 Å². The second kappa shape index (κ2) is 10.1. The Morgan fingerprint density at radius 3 is 2.36 bits per heavy atom. The molecule has 2 rings (SSSR count). The topological polar surface area (TPSA) is 64.6 Å². The molecule has 0 saturated heterocycles. The molecule has 0 bridgehead atoms. The number of hydrogen-bond acceptors (Lipinski definition) is 4. The zero-order chi connectivity index (χ0) is 17.9. The Labute approximate surface area is 148 Å². The number of carbonyl (C=O) groups excluding carboxylic acids is 2. The molecule has 0 saturated carbocycles. The maximum atomic E-state index is 11.8. The van der Waals surface area contributed by atoms with Gasteiger partial charge in [0.1, 0.15) is 5.75 Å². The van der Waals surface area contributed by atoms with Crippen LogP contribution in [0.4, 0.5) is 5.69 Å². The largest absolute Gasteiger partial charge is 0.497 e. The van der Waals surface area contributed by atoms with Crippen LogP contribution >= 0.6 is 0 Å². The highest BCUT2D eigenvalue weighted by molar-refractivity contribution is 5.92. The summed E-state index contributed by atoms with van der Waals surface area (Å²) in [6.45, 7) is 0.369. The third-order valence-corrected chi connectivity index (χ3v) is 3.65. The fourth-order valence-electron chi connectivity index (χ4n) is 2.29. The maximum absolute atomic E-state index is 11.8. The molecule has 2 aromatic carbocycles. The molecule has 0 aliphatic carbocycles. The smallest absolute Gasteiger partial charge is 0.306 e. The van der Waals surface area contributed by atoms with E-state index in [1.54, 1.807) is 31.4 Å². The van der Waals surface area contributed by atoms with E-state index in [0.717, 1.165) is 18.6 Å². The predicted octanol–water partition coefficient (Wildman–Crippen LogP) is 3.59. The van der Waals surface area contributed by atoms with Gasteiger partial charge in [0, 0.05) is 12.1 Å². The molecule has 0 aliphatic rings. The summed E-state index contributed by atoms with van der Waals surface area (Å²) in [6, 6.07) is 17.1. The summed E-state index contributed by atoms with van der Waals surface area (Å²) in [6.07, 6.45) is 1.82. The van der Waals surface area contributed by atoms with Gasteiger partial charge in [-0.3, -0.25) is 9.59 Å². The predicted molar refractivity (Wildman–Crippen MR) is 96.6 cm³/mol. The molecule has 0 spiro atoms. The Balaban J connectivity index is 1.59. The number of methoxy groups -OCH3 is 1. The number of nitrogens with one attached hydrogen (secondary N) is 1. The summed E-state index contributed by atoms with van der Waals surface area (Å²) in [5.41, 5.74) is 1.89. The van der Waals surface area contributed by atoms with Crippen molar-refractivity contribution in [1.82, 2.24) is 0 Å². The fourth-order valence-corrected chi connectivity index (χ4v) is 2.29. The van der Waals surface area contributed by atoms with E-state index in [1.807, 2.05) is 30.3 Å². The van der Waals surface area contributed by atoms with Crippen molar-refractivity contribution in [2.24, 2.45) is 0 Å². The average Bonchev–Trinajstić information content (AvgIpc) is 2.65. The molecule has 25 heavy (non-hydrogen) atoms. The van der Waals surface area contributed by atoms with Crippen LogP contribution in [-0.4, -0.2) is 25.6 Å². The number of carbonyl (C=O) groups is 2. The molecule has 0 heterocycles. The second-order valence-electron chi connectivity index (χ2n) is 5.59. The molecule has 0 fully saturated rings. The van der Waals surface area contributed by atoms with Crippen molar-refractivity contribution in [2.75, 3.05) is 19.0 Å². The number of amides is 1. The molecule has 1 N–H and O–H groups in total. The van der Waals surface area contributed by atoms with Crippen LogP contribution in [-0.2, 0) is 20.7 Å². The third kappa shape index (κ3) is 7.08. The van der Waals surface area contributed by atoms with Gasteiger partial charge in [-0.25, -0.2) is 0 Å². The lowest BCUT2D eigenvalue weighted by atomic mass is 10.1. The number of ether oxygens (including phenoxy) is 2. The molecule has 5 nitrogen and oxygen atoms in total. The molecule has 2 aromatic rings. The lowest BCUT2D eigenvalue weighted by molar-refractivity contribution is -0.144. The number of rotatable bonds is 9. The van der Waals surface area contributed by atoms with Gasteiger partial charge in [-0.05, 0) is 42.7 Å². The monoisotopic (exact) mass is 341 g/mol. The van der Waals surface area contributed by atoms with Crippen LogP contribution in [0.2, 0.25) is 0 Å². The molecule has 0 unspecified atom stereocenters. The van der Waals surface area contributed by atoms with E-state index in [0.29, 0.717) is 12.3 Å². The van der Waals surface area contributed by atoms with Gasteiger partial charge in [-0.2, -0.15) is 0 Å². The number of aryl methyl sites for hydroxylation is 1. The van der Waals surface area contributed by atoms with E-state index in [1.165, 1.54) is 5.56 Å². The molecule has 0 aliphatic heterocycles. The SMILES string of the molecule is COc1ccc(NC(=O)CCC(=O)OCCCc2ccccc2)cc1.